The third kappa shape index (κ3) is 3.61. The van der Waals surface area contributed by atoms with Gasteiger partial charge >= 0.3 is 0 Å². The quantitative estimate of drug-likeness (QED) is 0.863. The van der Waals surface area contributed by atoms with Gasteiger partial charge in [-0.1, -0.05) is 13.0 Å². The Balaban J connectivity index is 2.04. The summed E-state index contributed by atoms with van der Waals surface area (Å²) in [6.07, 6.45) is 0.514. The summed E-state index contributed by atoms with van der Waals surface area (Å²) >= 11 is 0. The molecule has 1 aliphatic heterocycles. The first-order chi connectivity index (χ1) is 9.20. The highest BCUT2D eigenvalue weighted by Crippen LogP contribution is 2.32. The van der Waals surface area contributed by atoms with Gasteiger partial charge in [-0.05, 0) is 17.7 Å². The number of carbonyl (C=O) groups is 1. The molecule has 1 atom stereocenters. The van der Waals surface area contributed by atoms with Crippen LogP contribution in [0, 0.1) is 0 Å². The van der Waals surface area contributed by atoms with Gasteiger partial charge in [0.1, 0.15) is 0 Å². The normalized spacial score (nSPS) is 15.5. The smallest absolute Gasteiger partial charge is 0.219 e. The van der Waals surface area contributed by atoms with Crippen molar-refractivity contribution in [3.8, 4) is 11.5 Å². The molecule has 5 heteroatoms. The number of hydrogen-bond donors (Lipinski definition) is 2. The molecule has 2 rings (SSSR count). The number of nitrogens with one attached hydrogen (secondary N) is 1. The van der Waals surface area contributed by atoms with Crippen LogP contribution in [0.2, 0.25) is 0 Å². The first kappa shape index (κ1) is 13.7. The van der Waals surface area contributed by atoms with Crippen molar-refractivity contribution in [2.75, 3.05) is 19.8 Å². The molecule has 0 radical (unpaired) electrons. The number of fused-ring (bicyclic) bond motifs is 1. The Labute approximate surface area is 112 Å². The SMILES string of the molecule is CCC(=O)NCC(O)c1ccc2c(c1)OCCCO2. The molecule has 1 amide bonds. The zero-order chi connectivity index (χ0) is 13.7. The Morgan fingerprint density at radius 3 is 2.84 bits per heavy atom. The highest BCUT2D eigenvalue weighted by Gasteiger charge is 2.15. The molecule has 1 aromatic carbocycles. The summed E-state index contributed by atoms with van der Waals surface area (Å²) < 4.78 is 11.1. The van der Waals surface area contributed by atoms with E-state index in [0.29, 0.717) is 36.7 Å². The Bertz CT molecular complexity index is 447. The summed E-state index contributed by atoms with van der Waals surface area (Å²) in [5.74, 6) is 1.27. The average Bonchev–Trinajstić information content (AvgIpc) is 2.68. The summed E-state index contributed by atoms with van der Waals surface area (Å²) in [5.41, 5.74) is 0.709. The Hall–Kier alpha value is -1.75. The van der Waals surface area contributed by atoms with Crippen LogP contribution in [0.3, 0.4) is 0 Å². The van der Waals surface area contributed by atoms with E-state index in [2.05, 4.69) is 5.32 Å². The lowest BCUT2D eigenvalue weighted by Gasteiger charge is -2.14. The Kier molecular flexibility index (Phi) is 4.63. The maximum absolute atomic E-state index is 11.2. The van der Waals surface area contributed by atoms with Gasteiger partial charge in [0.15, 0.2) is 11.5 Å². The second-order valence-electron chi connectivity index (χ2n) is 4.43. The van der Waals surface area contributed by atoms with Crippen molar-refractivity contribution >= 4 is 5.91 Å². The predicted molar refractivity (Wildman–Crippen MR) is 70.3 cm³/mol. The van der Waals surface area contributed by atoms with E-state index in [4.69, 9.17) is 9.47 Å². The van der Waals surface area contributed by atoms with Gasteiger partial charge in [0.25, 0.3) is 0 Å². The van der Waals surface area contributed by atoms with E-state index in [1.54, 1.807) is 25.1 Å². The van der Waals surface area contributed by atoms with E-state index in [1.165, 1.54) is 0 Å². The van der Waals surface area contributed by atoms with Crippen LogP contribution in [0.1, 0.15) is 31.4 Å². The van der Waals surface area contributed by atoms with Crippen molar-refractivity contribution < 1.29 is 19.4 Å². The number of amides is 1. The number of ether oxygens (including phenoxy) is 2. The van der Waals surface area contributed by atoms with Gasteiger partial charge in [0.05, 0.1) is 19.3 Å². The molecule has 0 saturated heterocycles. The lowest BCUT2D eigenvalue weighted by atomic mass is 10.1. The number of aliphatic hydroxyl groups is 1. The number of aliphatic hydroxyl groups excluding tert-OH is 1. The van der Waals surface area contributed by atoms with Crippen LogP contribution in [0.15, 0.2) is 18.2 Å². The summed E-state index contributed by atoms with van der Waals surface area (Å²) in [7, 11) is 0. The van der Waals surface area contributed by atoms with Crippen LogP contribution in [0.5, 0.6) is 11.5 Å². The van der Waals surface area contributed by atoms with E-state index in [0.717, 1.165) is 6.42 Å². The fourth-order valence-electron chi connectivity index (χ4n) is 1.84. The monoisotopic (exact) mass is 265 g/mol. The molecular weight excluding hydrogens is 246 g/mol. The van der Waals surface area contributed by atoms with E-state index in [9.17, 15) is 9.90 Å². The van der Waals surface area contributed by atoms with Crippen LogP contribution < -0.4 is 14.8 Å². The summed E-state index contributed by atoms with van der Waals surface area (Å²) in [4.78, 5) is 11.2. The van der Waals surface area contributed by atoms with Gasteiger partial charge in [0, 0.05) is 19.4 Å². The van der Waals surface area contributed by atoms with Crippen LogP contribution in [0.25, 0.3) is 0 Å². The van der Waals surface area contributed by atoms with Crippen molar-refractivity contribution in [3.05, 3.63) is 23.8 Å². The number of carbonyl (C=O) groups excluding carboxylic acids is 1. The highest BCUT2D eigenvalue weighted by atomic mass is 16.5. The third-order valence-electron chi connectivity index (χ3n) is 2.97. The molecule has 0 aromatic heterocycles. The van der Waals surface area contributed by atoms with Gasteiger partial charge in [-0.2, -0.15) is 0 Å². The molecule has 1 heterocycles. The average molecular weight is 265 g/mol. The molecule has 0 fully saturated rings. The minimum atomic E-state index is -0.743. The summed E-state index contributed by atoms with van der Waals surface area (Å²) in [6, 6.07) is 5.35. The van der Waals surface area contributed by atoms with Gasteiger partial charge < -0.3 is 19.9 Å². The second-order valence-corrected chi connectivity index (χ2v) is 4.43. The molecule has 0 bridgehead atoms. The summed E-state index contributed by atoms with van der Waals surface area (Å²) in [5, 5.41) is 12.7. The van der Waals surface area contributed by atoms with E-state index < -0.39 is 6.10 Å². The maximum Gasteiger partial charge on any atom is 0.219 e. The predicted octanol–water partition coefficient (Wildman–Crippen LogP) is 1.41. The number of rotatable bonds is 4. The highest BCUT2D eigenvalue weighted by molar-refractivity contribution is 5.75. The van der Waals surface area contributed by atoms with Crippen LogP contribution in [-0.4, -0.2) is 30.8 Å². The van der Waals surface area contributed by atoms with Crippen LogP contribution in [0.4, 0.5) is 0 Å². The lowest BCUT2D eigenvalue weighted by Crippen LogP contribution is -2.27. The first-order valence-electron chi connectivity index (χ1n) is 6.55. The molecule has 2 N–H and O–H groups in total. The largest absolute Gasteiger partial charge is 0.490 e. The van der Waals surface area contributed by atoms with Crippen molar-refractivity contribution in [3.63, 3.8) is 0 Å². The second kappa shape index (κ2) is 6.43. The summed E-state index contributed by atoms with van der Waals surface area (Å²) in [6.45, 7) is 3.22. The zero-order valence-electron chi connectivity index (χ0n) is 11.0. The molecule has 104 valence electrons. The van der Waals surface area contributed by atoms with Gasteiger partial charge in [0.2, 0.25) is 5.91 Å². The van der Waals surface area contributed by atoms with Crippen molar-refractivity contribution in [2.24, 2.45) is 0 Å². The van der Waals surface area contributed by atoms with Gasteiger partial charge in [-0.3, -0.25) is 4.79 Å². The van der Waals surface area contributed by atoms with Gasteiger partial charge in [-0.25, -0.2) is 0 Å². The fourth-order valence-corrected chi connectivity index (χ4v) is 1.84. The van der Waals surface area contributed by atoms with Gasteiger partial charge in [-0.15, -0.1) is 0 Å². The molecule has 0 spiro atoms. The number of hydrogen-bond acceptors (Lipinski definition) is 4. The van der Waals surface area contributed by atoms with Crippen LogP contribution >= 0.6 is 0 Å². The minimum Gasteiger partial charge on any atom is -0.490 e. The van der Waals surface area contributed by atoms with E-state index in [-0.39, 0.29) is 12.5 Å². The standard InChI is InChI=1S/C14H19NO4/c1-2-14(17)15-9-11(16)10-4-5-12-13(8-10)19-7-3-6-18-12/h4-5,8,11,16H,2-3,6-7,9H2,1H3,(H,15,17). The van der Waals surface area contributed by atoms with E-state index in [1.807, 2.05) is 0 Å². The number of benzene rings is 1. The molecular formula is C14H19NO4. The topological polar surface area (TPSA) is 67.8 Å². The Morgan fingerprint density at radius 1 is 1.37 bits per heavy atom. The minimum absolute atomic E-state index is 0.0756. The van der Waals surface area contributed by atoms with Crippen molar-refractivity contribution in [1.82, 2.24) is 5.32 Å². The van der Waals surface area contributed by atoms with E-state index >= 15 is 0 Å². The molecule has 0 saturated carbocycles. The Morgan fingerprint density at radius 2 is 2.11 bits per heavy atom. The zero-order valence-corrected chi connectivity index (χ0v) is 11.0. The molecule has 1 aromatic rings. The molecule has 0 aliphatic carbocycles. The van der Waals surface area contributed by atoms with Crippen LogP contribution in [-0.2, 0) is 4.79 Å². The molecule has 1 unspecified atom stereocenters. The fraction of sp³-hybridized carbons (Fsp3) is 0.500. The lowest BCUT2D eigenvalue weighted by molar-refractivity contribution is -0.121. The molecule has 19 heavy (non-hydrogen) atoms. The van der Waals surface area contributed by atoms with Crippen molar-refractivity contribution in [2.45, 2.75) is 25.9 Å². The third-order valence-corrected chi connectivity index (χ3v) is 2.97. The first-order valence-corrected chi connectivity index (χ1v) is 6.55. The van der Waals surface area contributed by atoms with Crippen molar-refractivity contribution in [1.29, 1.82) is 0 Å². The molecule has 1 aliphatic rings. The molecule has 5 nitrogen and oxygen atoms in total. The maximum atomic E-state index is 11.2.